The zero-order valence-corrected chi connectivity index (χ0v) is 13.2. The zero-order valence-electron chi connectivity index (χ0n) is 12.4. The number of benzene rings is 1. The zero-order chi connectivity index (χ0) is 14.8. The van der Waals surface area contributed by atoms with Crippen molar-refractivity contribution in [2.45, 2.75) is 20.8 Å². The van der Waals surface area contributed by atoms with E-state index in [0.717, 1.165) is 33.8 Å². The summed E-state index contributed by atoms with van der Waals surface area (Å²) in [7, 11) is 0. The lowest BCUT2D eigenvalue weighted by Crippen LogP contribution is -2.12. The Morgan fingerprint density at radius 3 is 2.90 bits per heavy atom. The maximum atomic E-state index is 4.63. The van der Waals surface area contributed by atoms with Gasteiger partial charge in [-0.1, -0.05) is 18.2 Å². The van der Waals surface area contributed by atoms with Gasteiger partial charge in [-0.15, -0.1) is 11.3 Å². The summed E-state index contributed by atoms with van der Waals surface area (Å²) in [6, 6.07) is 8.28. The number of H-pyrrole nitrogens is 1. The SMILES string of the molecule is CCN=c1scc(C)n1N=Cc1c(C)[nH]c2ccccc12. The summed E-state index contributed by atoms with van der Waals surface area (Å²) < 4.78 is 1.90. The molecular weight excluding hydrogens is 280 g/mol. The highest BCUT2D eigenvalue weighted by Gasteiger charge is 2.06. The van der Waals surface area contributed by atoms with Crippen molar-refractivity contribution in [2.75, 3.05) is 6.54 Å². The Bertz CT molecular complexity index is 864. The lowest BCUT2D eigenvalue weighted by molar-refractivity contribution is 0.794. The van der Waals surface area contributed by atoms with E-state index in [-0.39, 0.29) is 0 Å². The molecule has 4 nitrogen and oxygen atoms in total. The summed E-state index contributed by atoms with van der Waals surface area (Å²) in [6.45, 7) is 6.92. The standard InChI is InChI=1S/C16H18N4S/c1-4-17-16-20(11(2)10-21-16)18-9-14-12(3)19-15-8-6-5-7-13(14)15/h5-10,19H,4H2,1-3H3. The van der Waals surface area contributed by atoms with E-state index < -0.39 is 0 Å². The first-order valence-corrected chi connectivity index (χ1v) is 7.88. The maximum Gasteiger partial charge on any atom is 0.205 e. The number of fused-ring (bicyclic) bond motifs is 1. The van der Waals surface area contributed by atoms with E-state index in [2.05, 4.69) is 39.5 Å². The molecule has 0 saturated carbocycles. The molecule has 0 atom stereocenters. The van der Waals surface area contributed by atoms with Gasteiger partial charge in [-0.3, -0.25) is 4.99 Å². The highest BCUT2D eigenvalue weighted by Crippen LogP contribution is 2.20. The molecule has 0 amide bonds. The fraction of sp³-hybridized carbons (Fsp3) is 0.250. The van der Waals surface area contributed by atoms with E-state index in [1.807, 2.05) is 36.9 Å². The van der Waals surface area contributed by atoms with Gasteiger partial charge in [-0.25, -0.2) is 4.68 Å². The molecule has 2 aromatic heterocycles. The maximum absolute atomic E-state index is 4.63. The average Bonchev–Trinajstić information content (AvgIpc) is 2.98. The molecule has 3 aromatic rings. The molecule has 21 heavy (non-hydrogen) atoms. The second kappa shape index (κ2) is 5.69. The van der Waals surface area contributed by atoms with Crippen LogP contribution in [0.2, 0.25) is 0 Å². The molecule has 0 unspecified atom stereocenters. The Morgan fingerprint density at radius 2 is 2.10 bits per heavy atom. The van der Waals surface area contributed by atoms with Crippen molar-refractivity contribution < 1.29 is 0 Å². The first-order valence-electron chi connectivity index (χ1n) is 7.00. The summed E-state index contributed by atoms with van der Waals surface area (Å²) in [5.74, 6) is 0. The second-order valence-corrected chi connectivity index (χ2v) is 5.74. The van der Waals surface area contributed by atoms with Gasteiger partial charge in [0, 0.05) is 34.1 Å². The highest BCUT2D eigenvalue weighted by molar-refractivity contribution is 7.07. The smallest absolute Gasteiger partial charge is 0.205 e. The molecule has 0 aliphatic rings. The molecule has 0 radical (unpaired) electrons. The third-order valence-electron chi connectivity index (χ3n) is 3.39. The lowest BCUT2D eigenvalue weighted by atomic mass is 10.1. The van der Waals surface area contributed by atoms with Crippen molar-refractivity contribution in [1.82, 2.24) is 9.66 Å². The summed E-state index contributed by atoms with van der Waals surface area (Å²) >= 11 is 1.62. The summed E-state index contributed by atoms with van der Waals surface area (Å²) in [4.78, 5) is 8.80. The van der Waals surface area contributed by atoms with Gasteiger partial charge in [0.1, 0.15) is 0 Å². The second-order valence-electron chi connectivity index (χ2n) is 4.90. The van der Waals surface area contributed by atoms with Crippen LogP contribution in [-0.4, -0.2) is 22.4 Å². The van der Waals surface area contributed by atoms with Crippen molar-refractivity contribution in [1.29, 1.82) is 0 Å². The molecule has 2 heterocycles. The van der Waals surface area contributed by atoms with E-state index in [1.165, 1.54) is 5.39 Å². The quantitative estimate of drug-likeness (QED) is 0.720. The third-order valence-corrected chi connectivity index (χ3v) is 4.36. The minimum absolute atomic E-state index is 0.765. The van der Waals surface area contributed by atoms with Gasteiger partial charge in [0.25, 0.3) is 0 Å². The molecule has 3 rings (SSSR count). The van der Waals surface area contributed by atoms with Gasteiger partial charge in [0.2, 0.25) is 4.80 Å². The van der Waals surface area contributed by atoms with Crippen molar-refractivity contribution in [3.8, 4) is 0 Å². The van der Waals surface area contributed by atoms with Crippen LogP contribution in [0.5, 0.6) is 0 Å². The first kappa shape index (κ1) is 13.8. The molecule has 0 spiro atoms. The molecule has 0 saturated heterocycles. The Kier molecular flexibility index (Phi) is 3.75. The largest absolute Gasteiger partial charge is 0.358 e. The first-order chi connectivity index (χ1) is 10.2. The van der Waals surface area contributed by atoms with Crippen LogP contribution in [0.1, 0.15) is 23.9 Å². The normalized spacial score (nSPS) is 12.8. The minimum Gasteiger partial charge on any atom is -0.358 e. The van der Waals surface area contributed by atoms with Gasteiger partial charge in [-0.05, 0) is 26.8 Å². The van der Waals surface area contributed by atoms with Crippen molar-refractivity contribution in [2.24, 2.45) is 10.1 Å². The van der Waals surface area contributed by atoms with Crippen LogP contribution in [0.15, 0.2) is 39.7 Å². The third kappa shape index (κ3) is 2.56. The van der Waals surface area contributed by atoms with Crippen molar-refractivity contribution >= 4 is 28.5 Å². The molecule has 0 aliphatic heterocycles. The number of rotatable bonds is 3. The van der Waals surface area contributed by atoms with Crippen LogP contribution in [0.4, 0.5) is 0 Å². The highest BCUT2D eigenvalue weighted by atomic mass is 32.1. The van der Waals surface area contributed by atoms with Crippen LogP contribution < -0.4 is 4.80 Å². The number of hydrogen-bond donors (Lipinski definition) is 1. The van der Waals surface area contributed by atoms with Gasteiger partial charge >= 0.3 is 0 Å². The number of para-hydroxylation sites is 1. The van der Waals surface area contributed by atoms with Crippen LogP contribution in [0.25, 0.3) is 10.9 Å². The Hall–Kier alpha value is -2.14. The molecule has 5 heteroatoms. The van der Waals surface area contributed by atoms with Gasteiger partial charge in [0.05, 0.1) is 11.9 Å². The summed E-state index contributed by atoms with van der Waals surface area (Å²) in [5.41, 5.74) is 4.50. The number of thiazole rings is 1. The van der Waals surface area contributed by atoms with Gasteiger partial charge in [-0.2, -0.15) is 5.10 Å². The molecule has 0 fully saturated rings. The Labute approximate surface area is 127 Å². The number of aromatic nitrogens is 2. The molecule has 1 aromatic carbocycles. The van der Waals surface area contributed by atoms with Crippen LogP contribution >= 0.6 is 11.3 Å². The van der Waals surface area contributed by atoms with Crippen LogP contribution in [-0.2, 0) is 0 Å². The van der Waals surface area contributed by atoms with E-state index in [9.17, 15) is 0 Å². The van der Waals surface area contributed by atoms with Gasteiger partial charge < -0.3 is 4.98 Å². The van der Waals surface area contributed by atoms with Gasteiger partial charge in [0.15, 0.2) is 0 Å². The molecule has 108 valence electrons. The number of aryl methyl sites for hydroxylation is 2. The number of aromatic amines is 1. The van der Waals surface area contributed by atoms with E-state index in [4.69, 9.17) is 0 Å². The average molecular weight is 298 g/mol. The Balaban J connectivity index is 2.09. The topological polar surface area (TPSA) is 45.4 Å². The number of nitrogens with zero attached hydrogens (tertiary/aromatic N) is 3. The Morgan fingerprint density at radius 1 is 1.29 bits per heavy atom. The van der Waals surface area contributed by atoms with Crippen LogP contribution in [0.3, 0.4) is 0 Å². The van der Waals surface area contributed by atoms with Crippen molar-refractivity contribution in [3.05, 3.63) is 51.4 Å². The predicted molar refractivity (Wildman–Crippen MR) is 89.2 cm³/mol. The fourth-order valence-electron chi connectivity index (χ4n) is 2.35. The van der Waals surface area contributed by atoms with E-state index in [1.54, 1.807) is 11.3 Å². The number of nitrogens with one attached hydrogen (secondary N) is 1. The number of hydrogen-bond acceptors (Lipinski definition) is 3. The van der Waals surface area contributed by atoms with Crippen LogP contribution in [0, 0.1) is 13.8 Å². The molecule has 0 bridgehead atoms. The summed E-state index contributed by atoms with van der Waals surface area (Å²) in [5, 5.41) is 7.90. The molecular formula is C16H18N4S. The fourth-order valence-corrected chi connectivity index (χ4v) is 3.22. The molecule has 0 aliphatic carbocycles. The monoisotopic (exact) mass is 298 g/mol. The summed E-state index contributed by atoms with van der Waals surface area (Å²) in [6.07, 6.45) is 1.92. The van der Waals surface area contributed by atoms with E-state index >= 15 is 0 Å². The lowest BCUT2D eigenvalue weighted by Gasteiger charge is -1.98. The predicted octanol–water partition coefficient (Wildman–Crippen LogP) is 3.45. The van der Waals surface area contributed by atoms with E-state index in [0.29, 0.717) is 0 Å². The molecule has 1 N–H and O–H groups in total. The minimum atomic E-state index is 0.765. The van der Waals surface area contributed by atoms with Crippen molar-refractivity contribution in [3.63, 3.8) is 0 Å².